The number of nitrogens with zero attached hydrogens (tertiary/aromatic N) is 1. The minimum absolute atomic E-state index is 0.00760. The normalized spacial score (nSPS) is 21.3. The highest BCUT2D eigenvalue weighted by atomic mass is 32.1. The summed E-state index contributed by atoms with van der Waals surface area (Å²) in [6.07, 6.45) is 0.663. The topological polar surface area (TPSA) is 74.7 Å². The fourth-order valence-electron chi connectivity index (χ4n) is 2.60. The summed E-state index contributed by atoms with van der Waals surface area (Å²) in [5.41, 5.74) is 0.799. The van der Waals surface area contributed by atoms with Gasteiger partial charge in [0.2, 0.25) is 5.91 Å². The van der Waals surface area contributed by atoms with Crippen LogP contribution in [0.15, 0.2) is 24.3 Å². The third kappa shape index (κ3) is 3.64. The number of hydrogen-bond donors (Lipinski definition) is 2. The summed E-state index contributed by atoms with van der Waals surface area (Å²) in [5, 5.41) is 8.96. The van der Waals surface area contributed by atoms with Gasteiger partial charge in [-0.15, -0.1) is 0 Å². The number of ketones is 1. The van der Waals surface area contributed by atoms with Crippen molar-refractivity contribution in [2.45, 2.75) is 31.1 Å². The van der Waals surface area contributed by atoms with Crippen LogP contribution in [0.3, 0.4) is 0 Å². The third-order valence-corrected chi connectivity index (χ3v) is 3.98. The molecule has 0 bridgehead atoms. The second-order valence-corrected chi connectivity index (χ2v) is 5.96. The monoisotopic (exact) mass is 307 g/mol. The Bertz CT molecular complexity index is 587. The largest absolute Gasteiger partial charge is 0.478 e. The van der Waals surface area contributed by atoms with Crippen molar-refractivity contribution in [1.82, 2.24) is 4.90 Å². The van der Waals surface area contributed by atoms with Crippen LogP contribution in [0.1, 0.15) is 29.3 Å². The minimum Gasteiger partial charge on any atom is -0.478 e. The number of amides is 1. The van der Waals surface area contributed by atoms with Gasteiger partial charge in [-0.05, 0) is 24.1 Å². The Labute approximate surface area is 128 Å². The molecule has 1 fully saturated rings. The molecule has 0 saturated carbocycles. The summed E-state index contributed by atoms with van der Waals surface area (Å²) in [6.45, 7) is 1.92. The first-order chi connectivity index (χ1) is 9.88. The maximum Gasteiger partial charge on any atom is 0.335 e. The second-order valence-electron chi connectivity index (χ2n) is 5.23. The van der Waals surface area contributed by atoms with E-state index in [2.05, 4.69) is 12.6 Å². The SMILES string of the molecule is CC(=O)N1C[C@@H](S)C[C@H]1C(=O)Cc1cccc(C(=O)O)c1. The maximum atomic E-state index is 12.4. The van der Waals surface area contributed by atoms with E-state index in [-0.39, 0.29) is 28.9 Å². The molecule has 5 nitrogen and oxygen atoms in total. The van der Waals surface area contributed by atoms with Crippen LogP contribution in [0.2, 0.25) is 0 Å². The van der Waals surface area contributed by atoms with Crippen molar-refractivity contribution in [3.63, 3.8) is 0 Å². The quantitative estimate of drug-likeness (QED) is 0.825. The van der Waals surface area contributed by atoms with Gasteiger partial charge >= 0.3 is 5.97 Å². The summed E-state index contributed by atoms with van der Waals surface area (Å²) in [4.78, 5) is 36.4. The molecule has 21 heavy (non-hydrogen) atoms. The van der Waals surface area contributed by atoms with Crippen molar-refractivity contribution in [3.8, 4) is 0 Å². The second kappa shape index (κ2) is 6.30. The number of thiol groups is 1. The van der Waals surface area contributed by atoms with Crippen molar-refractivity contribution in [1.29, 1.82) is 0 Å². The molecule has 112 valence electrons. The molecule has 1 aromatic rings. The fraction of sp³-hybridized carbons (Fsp3) is 0.400. The number of rotatable bonds is 4. The van der Waals surface area contributed by atoms with E-state index >= 15 is 0 Å². The number of likely N-dealkylation sites (tertiary alicyclic amines) is 1. The lowest BCUT2D eigenvalue weighted by molar-refractivity contribution is -0.135. The van der Waals surface area contributed by atoms with Crippen LogP contribution in [-0.4, -0.2) is 45.5 Å². The summed E-state index contributed by atoms with van der Waals surface area (Å²) in [7, 11) is 0. The number of carbonyl (C=O) groups excluding carboxylic acids is 2. The molecule has 1 heterocycles. The van der Waals surface area contributed by atoms with Gasteiger partial charge in [0.1, 0.15) is 0 Å². The molecule has 0 spiro atoms. The zero-order valence-corrected chi connectivity index (χ0v) is 12.5. The molecule has 0 radical (unpaired) electrons. The summed E-state index contributed by atoms with van der Waals surface area (Å²) in [6, 6.07) is 5.85. The molecule has 1 aliphatic heterocycles. The van der Waals surface area contributed by atoms with Gasteiger partial charge in [0, 0.05) is 25.1 Å². The van der Waals surface area contributed by atoms with Gasteiger partial charge in [-0.25, -0.2) is 4.79 Å². The zero-order chi connectivity index (χ0) is 15.6. The van der Waals surface area contributed by atoms with E-state index in [9.17, 15) is 14.4 Å². The van der Waals surface area contributed by atoms with E-state index in [0.29, 0.717) is 18.5 Å². The lowest BCUT2D eigenvalue weighted by Crippen LogP contribution is -2.40. The number of carbonyl (C=O) groups is 3. The summed E-state index contributed by atoms with van der Waals surface area (Å²) in [5.74, 6) is -1.24. The summed E-state index contributed by atoms with van der Waals surface area (Å²) < 4.78 is 0. The standard InChI is InChI=1S/C15H17NO4S/c1-9(17)16-8-12(21)7-13(16)14(18)6-10-3-2-4-11(5-10)15(19)20/h2-5,12-13,21H,6-8H2,1H3,(H,19,20)/t12-,13-/m0/s1. The lowest BCUT2D eigenvalue weighted by Gasteiger charge is -2.21. The van der Waals surface area contributed by atoms with Gasteiger partial charge < -0.3 is 10.0 Å². The van der Waals surface area contributed by atoms with Crippen molar-refractivity contribution in [3.05, 3.63) is 35.4 Å². The number of aromatic carboxylic acids is 1. The molecule has 1 aromatic carbocycles. The molecule has 0 unspecified atom stereocenters. The van der Waals surface area contributed by atoms with Crippen LogP contribution in [0.25, 0.3) is 0 Å². The van der Waals surface area contributed by atoms with Crippen LogP contribution < -0.4 is 0 Å². The van der Waals surface area contributed by atoms with Crippen molar-refractivity contribution in [2.75, 3.05) is 6.54 Å². The molecule has 0 aliphatic carbocycles. The number of carboxylic acids is 1. The highest BCUT2D eigenvalue weighted by molar-refractivity contribution is 7.81. The molecule has 1 saturated heterocycles. The zero-order valence-electron chi connectivity index (χ0n) is 11.7. The molecule has 2 atom stereocenters. The first-order valence-electron chi connectivity index (χ1n) is 6.68. The Morgan fingerprint density at radius 1 is 1.38 bits per heavy atom. The molecule has 1 amide bonds. The Kier molecular flexibility index (Phi) is 4.67. The molecule has 1 N–H and O–H groups in total. The van der Waals surface area contributed by atoms with E-state index < -0.39 is 12.0 Å². The van der Waals surface area contributed by atoms with Gasteiger partial charge in [-0.1, -0.05) is 12.1 Å². The Hall–Kier alpha value is -1.82. The number of carboxylic acid groups (broad SMARTS) is 1. The molecular weight excluding hydrogens is 290 g/mol. The fourth-order valence-corrected chi connectivity index (χ4v) is 2.98. The molecule has 0 aromatic heterocycles. The number of benzene rings is 1. The predicted molar refractivity (Wildman–Crippen MR) is 80.7 cm³/mol. The Morgan fingerprint density at radius 2 is 2.10 bits per heavy atom. The highest BCUT2D eigenvalue weighted by Gasteiger charge is 2.36. The maximum absolute atomic E-state index is 12.4. The van der Waals surface area contributed by atoms with E-state index in [1.807, 2.05) is 0 Å². The van der Waals surface area contributed by atoms with Crippen LogP contribution >= 0.6 is 12.6 Å². The van der Waals surface area contributed by atoms with Gasteiger partial charge in [-0.2, -0.15) is 12.6 Å². The average molecular weight is 307 g/mol. The van der Waals surface area contributed by atoms with Gasteiger partial charge in [0.25, 0.3) is 0 Å². The Balaban J connectivity index is 2.12. The van der Waals surface area contributed by atoms with E-state index in [1.165, 1.54) is 19.1 Å². The van der Waals surface area contributed by atoms with E-state index in [4.69, 9.17) is 5.11 Å². The first-order valence-corrected chi connectivity index (χ1v) is 7.20. The minimum atomic E-state index is -1.02. The summed E-state index contributed by atoms with van der Waals surface area (Å²) >= 11 is 4.35. The highest BCUT2D eigenvalue weighted by Crippen LogP contribution is 2.23. The smallest absolute Gasteiger partial charge is 0.335 e. The van der Waals surface area contributed by atoms with Gasteiger partial charge in [-0.3, -0.25) is 9.59 Å². The third-order valence-electron chi connectivity index (χ3n) is 3.61. The number of Topliss-reactive ketones (excluding diaryl/α,β-unsaturated/α-hetero) is 1. The van der Waals surface area contributed by atoms with Crippen LogP contribution in [0, 0.1) is 0 Å². The molecule has 2 rings (SSSR count). The van der Waals surface area contributed by atoms with Crippen molar-refractivity contribution in [2.24, 2.45) is 0 Å². The molecular formula is C15H17NO4S. The van der Waals surface area contributed by atoms with Crippen molar-refractivity contribution < 1.29 is 19.5 Å². The van der Waals surface area contributed by atoms with Gasteiger partial charge in [0.15, 0.2) is 5.78 Å². The predicted octanol–water partition coefficient (Wildman–Crippen LogP) is 1.42. The van der Waals surface area contributed by atoms with Crippen LogP contribution in [0.4, 0.5) is 0 Å². The van der Waals surface area contributed by atoms with Gasteiger partial charge in [0.05, 0.1) is 11.6 Å². The number of hydrogen-bond acceptors (Lipinski definition) is 4. The van der Waals surface area contributed by atoms with E-state index in [1.54, 1.807) is 17.0 Å². The van der Waals surface area contributed by atoms with E-state index in [0.717, 1.165) is 0 Å². The van der Waals surface area contributed by atoms with Crippen LogP contribution in [-0.2, 0) is 16.0 Å². The average Bonchev–Trinajstić information content (AvgIpc) is 2.81. The molecule has 1 aliphatic rings. The molecule has 6 heteroatoms. The first kappa shape index (κ1) is 15.6. The Morgan fingerprint density at radius 3 is 2.71 bits per heavy atom. The van der Waals surface area contributed by atoms with Crippen LogP contribution in [0.5, 0.6) is 0 Å². The lowest BCUT2D eigenvalue weighted by atomic mass is 10.0. The van der Waals surface area contributed by atoms with Crippen molar-refractivity contribution >= 4 is 30.3 Å².